The summed E-state index contributed by atoms with van der Waals surface area (Å²) in [6.07, 6.45) is 7.80. The summed E-state index contributed by atoms with van der Waals surface area (Å²) >= 11 is 0.0406. The fraction of sp³-hybridized carbons (Fsp3) is 0.200. The number of hydrogen-bond donors (Lipinski definition) is 1. The number of H-pyrrole nitrogens is 1. The third kappa shape index (κ3) is 5.41. The maximum absolute atomic E-state index is 12.5. The molecule has 0 saturated carbocycles. The van der Waals surface area contributed by atoms with Gasteiger partial charge in [0.05, 0.1) is 5.39 Å². The molecule has 6 nitrogen and oxygen atoms in total. The van der Waals surface area contributed by atoms with E-state index in [0.717, 1.165) is 51.3 Å². The topological polar surface area (TPSA) is 74.8 Å². The minimum Gasteiger partial charge on any atom is -0.0622 e. The van der Waals surface area contributed by atoms with Crippen LogP contribution in [0, 0.1) is 0 Å². The summed E-state index contributed by atoms with van der Waals surface area (Å²) in [6.45, 7) is 3.19. The van der Waals surface area contributed by atoms with Crippen molar-refractivity contribution < 1.29 is 0 Å². The van der Waals surface area contributed by atoms with Crippen molar-refractivity contribution in [3.05, 3.63) is 107 Å². The van der Waals surface area contributed by atoms with Gasteiger partial charge in [-0.05, 0) is 6.07 Å². The van der Waals surface area contributed by atoms with Crippen molar-refractivity contribution in [1.29, 1.82) is 0 Å². The second-order valence-electron chi connectivity index (χ2n) is 9.37. The van der Waals surface area contributed by atoms with Crippen molar-refractivity contribution in [1.82, 2.24) is 24.8 Å². The molecule has 0 aliphatic carbocycles. The first-order valence-corrected chi connectivity index (χ1v) is 14.6. The normalized spacial score (nSPS) is 15.0. The zero-order valence-corrected chi connectivity index (χ0v) is 22.3. The van der Waals surface area contributed by atoms with Crippen LogP contribution in [0.25, 0.3) is 33.3 Å². The predicted molar refractivity (Wildman–Crippen MR) is 149 cm³/mol. The molecule has 1 aliphatic rings. The Morgan fingerprint density at radius 3 is 2.41 bits per heavy atom. The van der Waals surface area contributed by atoms with E-state index in [-0.39, 0.29) is 21.3 Å². The molecule has 1 N–H and O–H groups in total. The minimum atomic E-state index is -0.119. The van der Waals surface area contributed by atoms with Gasteiger partial charge in [0.15, 0.2) is 0 Å². The fourth-order valence-corrected chi connectivity index (χ4v) is 7.19. The third-order valence-electron chi connectivity index (χ3n) is 6.88. The number of fused-ring (bicyclic) bond motifs is 1. The van der Waals surface area contributed by atoms with Gasteiger partial charge in [0, 0.05) is 6.20 Å². The molecule has 1 aliphatic heterocycles. The predicted octanol–water partition coefficient (Wildman–Crippen LogP) is 4.46. The third-order valence-corrected chi connectivity index (χ3v) is 9.70. The number of likely N-dealkylation sites (tertiary alicyclic amines) is 1. The molecule has 37 heavy (non-hydrogen) atoms. The number of hydrogen-bond acceptors (Lipinski definition) is 5. The first kappa shape index (κ1) is 23.8. The molecular formula is C30H27AsN5O. The molecule has 183 valence electrons. The number of aromatic nitrogens is 4. The first-order chi connectivity index (χ1) is 18.2. The summed E-state index contributed by atoms with van der Waals surface area (Å²) in [5, 5.41) is 0.603. The summed E-state index contributed by atoms with van der Waals surface area (Å²) in [5.41, 5.74) is 5.84. The van der Waals surface area contributed by atoms with Gasteiger partial charge in [-0.3, -0.25) is 4.79 Å². The van der Waals surface area contributed by atoms with Crippen LogP contribution in [0.4, 0.5) is 0 Å². The summed E-state index contributed by atoms with van der Waals surface area (Å²) in [5.74, 6) is 0. The van der Waals surface area contributed by atoms with Crippen LogP contribution >= 0.6 is 0 Å². The van der Waals surface area contributed by atoms with Gasteiger partial charge >= 0.3 is 160 Å². The SMILES string of the molecule is O=c1[nH]ccc2nc(-c3ccc(CN4CCC([As]c5ncccn5)CC4)cc3)c(-c3ccccc3)cc12. The number of nitrogens with one attached hydrogen (secondary N) is 1. The Kier molecular flexibility index (Phi) is 6.94. The van der Waals surface area contributed by atoms with Crippen molar-refractivity contribution in [3.8, 4) is 22.4 Å². The summed E-state index contributed by atoms with van der Waals surface area (Å²) in [4.78, 5) is 31.6. The van der Waals surface area contributed by atoms with Gasteiger partial charge in [-0.25, -0.2) is 0 Å². The summed E-state index contributed by atoms with van der Waals surface area (Å²) < 4.78 is 1.80. The van der Waals surface area contributed by atoms with Gasteiger partial charge in [-0.2, -0.15) is 0 Å². The van der Waals surface area contributed by atoms with Crippen LogP contribution < -0.4 is 10.2 Å². The molecular weight excluding hydrogens is 521 g/mol. The molecule has 4 heterocycles. The van der Waals surface area contributed by atoms with Crippen LogP contribution in [-0.2, 0) is 6.54 Å². The first-order valence-electron chi connectivity index (χ1n) is 12.6. The molecule has 2 aromatic carbocycles. The van der Waals surface area contributed by atoms with E-state index in [1.807, 2.05) is 48.8 Å². The van der Waals surface area contributed by atoms with E-state index in [0.29, 0.717) is 10.9 Å². The molecule has 1 fully saturated rings. The zero-order valence-electron chi connectivity index (χ0n) is 20.4. The second kappa shape index (κ2) is 10.8. The number of benzene rings is 2. The van der Waals surface area contributed by atoms with Crippen molar-refractivity contribution in [2.45, 2.75) is 24.1 Å². The molecule has 1 saturated heterocycles. The summed E-state index contributed by atoms with van der Waals surface area (Å²) in [6, 6.07) is 24.6. The molecule has 1 radical (unpaired) electrons. The average Bonchev–Trinajstić information content (AvgIpc) is 2.95. The molecule has 6 rings (SSSR count). The Balaban J connectivity index is 1.20. The number of rotatable bonds is 6. The van der Waals surface area contributed by atoms with Crippen LogP contribution in [0.1, 0.15) is 18.4 Å². The molecule has 0 spiro atoms. The van der Waals surface area contributed by atoms with Crippen molar-refractivity contribution in [2.75, 3.05) is 13.1 Å². The van der Waals surface area contributed by atoms with Crippen LogP contribution in [-0.4, -0.2) is 53.7 Å². The van der Waals surface area contributed by atoms with E-state index in [2.05, 4.69) is 56.3 Å². The Labute approximate surface area is 222 Å². The average molecular weight is 549 g/mol. The smallest absolute Gasteiger partial charge is 0.0622 e. The number of nitrogens with zero attached hydrogens (tertiary/aromatic N) is 4. The monoisotopic (exact) mass is 548 g/mol. The van der Waals surface area contributed by atoms with Gasteiger partial charge in [0.1, 0.15) is 0 Å². The Morgan fingerprint density at radius 1 is 0.892 bits per heavy atom. The number of pyridine rings is 2. The standard InChI is InChI=1S/C30H27AsN5O/c37-29-26-19-25(22-5-2-1-3-6-22)28(35-27(26)11-16-32-29)23-9-7-21(8-10-23)20-36-17-12-24(13-18-36)31-30-33-14-4-15-34-30/h1-11,14-16,19,24H,12-13,17-18,20H2,(H,32,37). The van der Waals surface area contributed by atoms with Crippen molar-refractivity contribution in [3.63, 3.8) is 0 Å². The minimum absolute atomic E-state index is 0.0406. The maximum atomic E-state index is 12.5. The van der Waals surface area contributed by atoms with E-state index in [4.69, 9.17) is 4.98 Å². The molecule has 3 aromatic heterocycles. The van der Waals surface area contributed by atoms with Crippen molar-refractivity contribution >= 4 is 31.3 Å². The molecule has 0 unspecified atom stereocenters. The van der Waals surface area contributed by atoms with Crippen LogP contribution in [0.5, 0.6) is 0 Å². The Bertz CT molecular complexity index is 1550. The van der Waals surface area contributed by atoms with E-state index in [9.17, 15) is 4.79 Å². The quantitative estimate of drug-likeness (QED) is 0.317. The van der Waals surface area contributed by atoms with E-state index >= 15 is 0 Å². The Morgan fingerprint density at radius 2 is 1.65 bits per heavy atom. The zero-order chi connectivity index (χ0) is 25.0. The van der Waals surface area contributed by atoms with Gasteiger partial charge in [-0.15, -0.1) is 0 Å². The van der Waals surface area contributed by atoms with Crippen LogP contribution in [0.15, 0.2) is 96.2 Å². The van der Waals surface area contributed by atoms with Gasteiger partial charge in [0.2, 0.25) is 0 Å². The van der Waals surface area contributed by atoms with Gasteiger partial charge in [-0.1, -0.05) is 30.3 Å². The molecule has 0 bridgehead atoms. The molecule has 0 amide bonds. The van der Waals surface area contributed by atoms with E-state index < -0.39 is 0 Å². The van der Waals surface area contributed by atoms with Crippen LogP contribution in [0.3, 0.4) is 0 Å². The Hall–Kier alpha value is -3.60. The second-order valence-corrected chi connectivity index (χ2v) is 12.3. The molecule has 0 atom stereocenters. The summed E-state index contributed by atoms with van der Waals surface area (Å²) in [7, 11) is 0. The molecule has 7 heteroatoms. The van der Waals surface area contributed by atoms with Crippen LogP contribution in [0.2, 0.25) is 4.71 Å². The van der Waals surface area contributed by atoms with E-state index in [1.54, 1.807) is 6.20 Å². The van der Waals surface area contributed by atoms with Gasteiger partial charge in [0.25, 0.3) is 5.56 Å². The number of piperidine rings is 1. The number of aromatic amines is 1. The van der Waals surface area contributed by atoms with Gasteiger partial charge < -0.3 is 4.98 Å². The fourth-order valence-electron chi connectivity index (χ4n) is 4.92. The van der Waals surface area contributed by atoms with Crippen molar-refractivity contribution in [2.24, 2.45) is 0 Å². The van der Waals surface area contributed by atoms with E-state index in [1.165, 1.54) is 18.4 Å². The molecule has 5 aromatic rings.